The van der Waals surface area contributed by atoms with Crippen molar-refractivity contribution in [2.75, 3.05) is 11.4 Å². The molecule has 4 heteroatoms. The second-order valence-corrected chi connectivity index (χ2v) is 8.53. The molecule has 0 amide bonds. The Morgan fingerprint density at radius 3 is 2.57 bits per heavy atom. The highest BCUT2D eigenvalue weighted by Gasteiger charge is 2.35. The van der Waals surface area contributed by atoms with Crippen LogP contribution in [0.3, 0.4) is 0 Å². The topological polar surface area (TPSA) is 33.2 Å². The molecule has 1 saturated heterocycles. The van der Waals surface area contributed by atoms with E-state index in [1.54, 1.807) is 11.3 Å². The number of aldehydes is 1. The summed E-state index contributed by atoms with van der Waals surface area (Å²) in [5.41, 5.74) is 0.905. The normalized spacial score (nSPS) is 26.5. The Labute approximate surface area is 131 Å². The zero-order valence-corrected chi connectivity index (χ0v) is 14.2. The van der Waals surface area contributed by atoms with Gasteiger partial charge in [-0.15, -0.1) is 0 Å². The summed E-state index contributed by atoms with van der Waals surface area (Å²) in [6.45, 7) is 7.52. The lowest BCUT2D eigenvalue weighted by Gasteiger charge is -2.44. The third-order valence-electron chi connectivity index (χ3n) is 4.95. The number of rotatable bonds is 2. The molecule has 1 aliphatic heterocycles. The molecule has 0 bridgehead atoms. The van der Waals surface area contributed by atoms with Gasteiger partial charge >= 0.3 is 0 Å². The zero-order valence-electron chi connectivity index (χ0n) is 13.4. The molecule has 2 fully saturated rings. The number of hydrogen-bond donors (Lipinski definition) is 0. The van der Waals surface area contributed by atoms with E-state index in [2.05, 4.69) is 25.7 Å². The van der Waals surface area contributed by atoms with E-state index in [1.165, 1.54) is 38.5 Å². The molecule has 0 spiro atoms. The molecule has 0 aromatic carbocycles. The summed E-state index contributed by atoms with van der Waals surface area (Å²) in [7, 11) is 0. The minimum atomic E-state index is -0.0628. The Morgan fingerprint density at radius 2 is 1.90 bits per heavy atom. The first kappa shape index (κ1) is 15.0. The Kier molecular flexibility index (Phi) is 4.08. The van der Waals surface area contributed by atoms with Gasteiger partial charge in [0.2, 0.25) is 0 Å². The summed E-state index contributed by atoms with van der Waals surface area (Å²) >= 11 is 1.60. The third kappa shape index (κ3) is 2.87. The lowest BCUT2D eigenvalue weighted by atomic mass is 9.78. The smallest absolute Gasteiger partial charge is 0.186 e. The maximum Gasteiger partial charge on any atom is 0.186 e. The average molecular weight is 306 g/mol. The fourth-order valence-electron chi connectivity index (χ4n) is 3.92. The van der Waals surface area contributed by atoms with E-state index in [0.717, 1.165) is 34.5 Å². The number of aromatic nitrogens is 1. The highest BCUT2D eigenvalue weighted by molar-refractivity contribution is 7.17. The minimum absolute atomic E-state index is 0.0628. The lowest BCUT2D eigenvalue weighted by Crippen LogP contribution is -2.46. The van der Waals surface area contributed by atoms with Crippen LogP contribution in [0.15, 0.2) is 0 Å². The van der Waals surface area contributed by atoms with Crippen molar-refractivity contribution in [3.05, 3.63) is 10.6 Å². The Hall–Kier alpha value is -0.900. The fourth-order valence-corrected chi connectivity index (χ4v) is 5.10. The first-order chi connectivity index (χ1) is 10.0. The van der Waals surface area contributed by atoms with Gasteiger partial charge in [-0.3, -0.25) is 4.79 Å². The van der Waals surface area contributed by atoms with Crippen LogP contribution in [0.4, 0.5) is 5.13 Å². The van der Waals surface area contributed by atoms with Gasteiger partial charge in [0.15, 0.2) is 11.4 Å². The summed E-state index contributed by atoms with van der Waals surface area (Å²) in [5, 5.41) is 1.08. The highest BCUT2D eigenvalue weighted by Crippen LogP contribution is 2.40. The van der Waals surface area contributed by atoms with Crippen LogP contribution in [-0.2, 0) is 5.41 Å². The van der Waals surface area contributed by atoms with Gasteiger partial charge in [-0.1, -0.05) is 44.9 Å². The number of nitrogens with zero attached hydrogens (tertiary/aromatic N) is 2. The van der Waals surface area contributed by atoms with Gasteiger partial charge in [-0.25, -0.2) is 4.98 Å². The van der Waals surface area contributed by atoms with Gasteiger partial charge in [-0.05, 0) is 31.6 Å². The predicted molar refractivity (Wildman–Crippen MR) is 88.5 cm³/mol. The maximum absolute atomic E-state index is 11.4. The second kappa shape index (κ2) is 5.71. The first-order valence-electron chi connectivity index (χ1n) is 8.24. The van der Waals surface area contributed by atoms with E-state index in [9.17, 15) is 4.79 Å². The first-order valence-corrected chi connectivity index (χ1v) is 9.05. The van der Waals surface area contributed by atoms with E-state index in [1.807, 2.05) is 0 Å². The molecular formula is C17H26N2OS. The Balaban J connectivity index is 1.92. The number of piperidine rings is 1. The largest absolute Gasteiger partial charge is 0.345 e. The summed E-state index contributed by atoms with van der Waals surface area (Å²) in [5.74, 6) is 0.842. The van der Waals surface area contributed by atoms with Crippen molar-refractivity contribution < 1.29 is 4.79 Å². The molecule has 21 heavy (non-hydrogen) atoms. The van der Waals surface area contributed by atoms with Crippen molar-refractivity contribution in [2.24, 2.45) is 5.92 Å². The Bertz CT molecular complexity index is 515. The Morgan fingerprint density at radius 1 is 1.19 bits per heavy atom. The summed E-state index contributed by atoms with van der Waals surface area (Å²) in [6, 6.07) is 0.658. The molecule has 1 saturated carbocycles. The van der Waals surface area contributed by atoms with Crippen LogP contribution in [0.25, 0.3) is 0 Å². The van der Waals surface area contributed by atoms with E-state index in [4.69, 9.17) is 4.98 Å². The van der Waals surface area contributed by atoms with Crippen molar-refractivity contribution in [2.45, 2.75) is 70.8 Å². The van der Waals surface area contributed by atoms with Crippen LogP contribution in [0, 0.1) is 5.92 Å². The van der Waals surface area contributed by atoms with E-state index < -0.39 is 0 Å². The molecule has 2 aliphatic rings. The molecule has 116 valence electrons. The fraction of sp³-hybridized carbons (Fsp3) is 0.765. The third-order valence-corrected chi connectivity index (χ3v) is 5.97. The maximum atomic E-state index is 11.4. The van der Waals surface area contributed by atoms with Crippen LogP contribution in [0.2, 0.25) is 0 Å². The molecule has 1 aliphatic carbocycles. The minimum Gasteiger partial charge on any atom is -0.345 e. The van der Waals surface area contributed by atoms with Crippen molar-refractivity contribution >= 4 is 22.8 Å². The molecule has 2 heterocycles. The highest BCUT2D eigenvalue weighted by atomic mass is 32.1. The lowest BCUT2D eigenvalue weighted by molar-refractivity contribution is 0.112. The number of anilines is 1. The predicted octanol–water partition coefficient (Wildman–Crippen LogP) is 4.41. The number of thiazole rings is 1. The monoisotopic (exact) mass is 306 g/mol. The standard InChI is InChI=1S/C17H26N2OS/c1-17(2,3)15-14(11-20)21-16(18-15)19-10-6-8-12-7-4-5-9-13(12)19/h11-13H,4-10H2,1-3H3. The van der Waals surface area contributed by atoms with Crippen molar-refractivity contribution in [1.82, 2.24) is 4.98 Å². The zero-order chi connectivity index (χ0) is 15.0. The summed E-state index contributed by atoms with van der Waals surface area (Å²) in [4.78, 5) is 19.6. The molecule has 3 rings (SSSR count). The number of carbonyl (C=O) groups is 1. The molecule has 2 atom stereocenters. The molecule has 0 radical (unpaired) electrons. The summed E-state index contributed by atoms with van der Waals surface area (Å²) in [6.07, 6.45) is 9.03. The average Bonchev–Trinajstić information content (AvgIpc) is 2.91. The molecule has 1 aromatic heterocycles. The van der Waals surface area contributed by atoms with Gasteiger partial charge in [0.05, 0.1) is 10.6 Å². The van der Waals surface area contributed by atoms with Crippen LogP contribution in [0.1, 0.15) is 74.7 Å². The van der Waals surface area contributed by atoms with E-state index in [-0.39, 0.29) is 5.41 Å². The number of hydrogen-bond acceptors (Lipinski definition) is 4. The number of fused-ring (bicyclic) bond motifs is 1. The molecule has 3 nitrogen and oxygen atoms in total. The van der Waals surface area contributed by atoms with Gasteiger partial charge < -0.3 is 4.90 Å². The van der Waals surface area contributed by atoms with Crippen LogP contribution in [0.5, 0.6) is 0 Å². The summed E-state index contributed by atoms with van der Waals surface area (Å²) < 4.78 is 0. The molecule has 2 unspecified atom stereocenters. The van der Waals surface area contributed by atoms with Crippen LogP contribution in [-0.4, -0.2) is 23.9 Å². The van der Waals surface area contributed by atoms with E-state index >= 15 is 0 Å². The van der Waals surface area contributed by atoms with Gasteiger partial charge in [0.25, 0.3) is 0 Å². The molecular weight excluding hydrogens is 280 g/mol. The van der Waals surface area contributed by atoms with Crippen LogP contribution >= 0.6 is 11.3 Å². The number of carbonyl (C=O) groups excluding carboxylic acids is 1. The second-order valence-electron chi connectivity index (χ2n) is 7.52. The van der Waals surface area contributed by atoms with Crippen molar-refractivity contribution in [1.29, 1.82) is 0 Å². The quantitative estimate of drug-likeness (QED) is 0.759. The molecule has 1 aromatic rings. The van der Waals surface area contributed by atoms with Crippen molar-refractivity contribution in [3.8, 4) is 0 Å². The van der Waals surface area contributed by atoms with Gasteiger partial charge in [-0.2, -0.15) is 0 Å². The van der Waals surface area contributed by atoms with Gasteiger partial charge in [0, 0.05) is 18.0 Å². The SMILES string of the molecule is CC(C)(C)c1nc(N2CCCC3CCCCC32)sc1C=O. The van der Waals surface area contributed by atoms with Crippen LogP contribution < -0.4 is 4.90 Å². The van der Waals surface area contributed by atoms with Gasteiger partial charge in [0.1, 0.15) is 0 Å². The molecule has 0 N–H and O–H groups in total. The van der Waals surface area contributed by atoms with Crippen molar-refractivity contribution in [3.63, 3.8) is 0 Å². The van der Waals surface area contributed by atoms with E-state index in [0.29, 0.717) is 6.04 Å².